The Morgan fingerprint density at radius 3 is 2.61 bits per heavy atom. The second-order valence-electron chi connectivity index (χ2n) is 8.74. The Kier molecular flexibility index (Phi) is 7.18. The Morgan fingerprint density at radius 2 is 2.03 bits per heavy atom. The number of carbonyl (C=O) groups is 2. The molecule has 3 rings (SSSR count). The Morgan fingerprint density at radius 1 is 1.33 bits per heavy atom. The van der Waals surface area contributed by atoms with Gasteiger partial charge in [-0.2, -0.15) is 4.98 Å². The first-order chi connectivity index (χ1) is 15.4. The van der Waals surface area contributed by atoms with Crippen molar-refractivity contribution in [2.45, 2.75) is 59.2 Å². The van der Waals surface area contributed by atoms with Crippen LogP contribution in [0.25, 0.3) is 10.2 Å². The molecular weight excluding hydrogens is 468 g/mol. The highest BCUT2D eigenvalue weighted by Gasteiger charge is 2.27. The summed E-state index contributed by atoms with van der Waals surface area (Å²) in [7, 11) is 1.69. The predicted molar refractivity (Wildman–Crippen MR) is 127 cm³/mol. The fourth-order valence-corrected chi connectivity index (χ4v) is 4.71. The van der Waals surface area contributed by atoms with Crippen LogP contribution in [0.5, 0.6) is 0 Å². The van der Waals surface area contributed by atoms with Gasteiger partial charge < -0.3 is 19.2 Å². The van der Waals surface area contributed by atoms with E-state index in [4.69, 9.17) is 20.8 Å². The van der Waals surface area contributed by atoms with Crippen molar-refractivity contribution < 1.29 is 23.8 Å². The van der Waals surface area contributed by atoms with Crippen molar-refractivity contribution in [1.82, 2.24) is 14.9 Å². The maximum atomic E-state index is 12.4. The average Bonchev–Trinajstić information content (AvgIpc) is 3.32. The van der Waals surface area contributed by atoms with Gasteiger partial charge in [0.15, 0.2) is 5.82 Å². The normalized spacial score (nSPS) is 12.6. The number of hydrogen-bond acceptors (Lipinski definition) is 7. The van der Waals surface area contributed by atoms with Crippen molar-refractivity contribution >= 4 is 51.2 Å². The van der Waals surface area contributed by atoms with Gasteiger partial charge in [-0.05, 0) is 63.9 Å². The van der Waals surface area contributed by atoms with Crippen molar-refractivity contribution in [3.8, 4) is 0 Å². The summed E-state index contributed by atoms with van der Waals surface area (Å²) in [6.07, 6.45) is 0.416. The Hall–Kier alpha value is -2.85. The topological polar surface area (TPSA) is 109 Å². The summed E-state index contributed by atoms with van der Waals surface area (Å²) in [5, 5.41) is 9.80. The maximum absolute atomic E-state index is 12.4. The number of thiophene rings is 1. The number of furan rings is 1. The Bertz CT molecular complexity index is 1160. The number of aromatic nitrogens is 2. The van der Waals surface area contributed by atoms with Gasteiger partial charge in [0.05, 0.1) is 23.0 Å². The number of fused-ring (bicyclic) bond motifs is 1. The molecule has 0 aliphatic rings. The van der Waals surface area contributed by atoms with Crippen molar-refractivity contribution in [3.05, 3.63) is 39.9 Å². The highest BCUT2D eigenvalue weighted by atomic mass is 35.5. The molecule has 2 amide bonds. The van der Waals surface area contributed by atoms with Gasteiger partial charge in [0, 0.05) is 24.4 Å². The van der Waals surface area contributed by atoms with Crippen LogP contribution in [-0.4, -0.2) is 50.9 Å². The number of amides is 2. The zero-order valence-electron chi connectivity index (χ0n) is 19.4. The summed E-state index contributed by atoms with van der Waals surface area (Å²) in [5.74, 6) is 0.669. The molecule has 1 unspecified atom stereocenters. The smallest absolute Gasteiger partial charge is 0.413 e. The van der Waals surface area contributed by atoms with Gasteiger partial charge in [-0.15, -0.1) is 11.3 Å². The van der Waals surface area contributed by atoms with E-state index < -0.39 is 17.8 Å². The summed E-state index contributed by atoms with van der Waals surface area (Å²) in [6.45, 7) is 9.27. The number of carboxylic acid groups (broad SMARTS) is 1. The summed E-state index contributed by atoms with van der Waals surface area (Å²) in [4.78, 5) is 36.7. The molecule has 3 aromatic rings. The van der Waals surface area contributed by atoms with E-state index >= 15 is 0 Å². The van der Waals surface area contributed by atoms with Gasteiger partial charge in [-0.3, -0.25) is 4.90 Å². The highest BCUT2D eigenvalue weighted by Crippen LogP contribution is 2.38. The molecule has 0 fully saturated rings. The zero-order valence-corrected chi connectivity index (χ0v) is 21.0. The third-order valence-corrected chi connectivity index (χ3v) is 6.49. The second-order valence-corrected chi connectivity index (χ2v) is 10.2. The van der Waals surface area contributed by atoms with E-state index in [1.165, 1.54) is 17.6 Å². The molecule has 0 aromatic carbocycles. The number of carbonyl (C=O) groups excluding carboxylic acids is 1. The lowest BCUT2D eigenvalue weighted by molar-refractivity contribution is 0.0236. The number of aryl methyl sites for hydroxylation is 1. The Balaban J connectivity index is 1.95. The quantitative estimate of drug-likeness (QED) is 0.436. The van der Waals surface area contributed by atoms with Crippen LogP contribution in [0, 0.1) is 6.92 Å². The lowest BCUT2D eigenvalue weighted by Gasteiger charge is -2.28. The van der Waals surface area contributed by atoms with Crippen LogP contribution in [0.1, 0.15) is 43.9 Å². The summed E-state index contributed by atoms with van der Waals surface area (Å²) < 4.78 is 11.4. The van der Waals surface area contributed by atoms with Crippen LogP contribution in [0.3, 0.4) is 0 Å². The first kappa shape index (κ1) is 24.8. The zero-order chi connectivity index (χ0) is 24.5. The van der Waals surface area contributed by atoms with Crippen LogP contribution in [0.4, 0.5) is 15.4 Å². The monoisotopic (exact) mass is 494 g/mol. The van der Waals surface area contributed by atoms with E-state index in [9.17, 15) is 14.7 Å². The predicted octanol–water partition coefficient (Wildman–Crippen LogP) is 5.73. The molecule has 3 heterocycles. The SMILES string of the molecule is Cc1c(CC(C)N(C)C(=O)OC(C)(C)C)sc2c(N(Cc3ccco3)C(=O)O)nc(Cl)nc12. The average molecular weight is 495 g/mol. The minimum atomic E-state index is -1.19. The van der Waals surface area contributed by atoms with Crippen molar-refractivity contribution in [2.24, 2.45) is 0 Å². The number of anilines is 1. The molecule has 1 N–H and O–H groups in total. The van der Waals surface area contributed by atoms with Crippen molar-refractivity contribution in [2.75, 3.05) is 11.9 Å². The summed E-state index contributed by atoms with van der Waals surface area (Å²) >= 11 is 7.56. The van der Waals surface area contributed by atoms with E-state index in [0.717, 1.165) is 15.3 Å². The number of hydrogen-bond donors (Lipinski definition) is 1. The first-order valence-corrected chi connectivity index (χ1v) is 11.5. The van der Waals surface area contributed by atoms with E-state index in [1.807, 2.05) is 34.6 Å². The molecule has 0 radical (unpaired) electrons. The van der Waals surface area contributed by atoms with Gasteiger partial charge in [0.1, 0.15) is 11.4 Å². The van der Waals surface area contributed by atoms with Crippen LogP contribution in [0.2, 0.25) is 5.28 Å². The molecule has 178 valence electrons. The third kappa shape index (κ3) is 5.75. The van der Waals surface area contributed by atoms with Gasteiger partial charge >= 0.3 is 12.2 Å². The highest BCUT2D eigenvalue weighted by molar-refractivity contribution is 7.19. The second kappa shape index (κ2) is 9.56. The number of ether oxygens (including phenoxy) is 1. The number of rotatable bonds is 6. The molecule has 11 heteroatoms. The van der Waals surface area contributed by atoms with Gasteiger partial charge in [0.25, 0.3) is 0 Å². The van der Waals surface area contributed by atoms with Crippen LogP contribution >= 0.6 is 22.9 Å². The molecule has 3 aromatic heterocycles. The van der Waals surface area contributed by atoms with Crippen molar-refractivity contribution in [1.29, 1.82) is 0 Å². The molecule has 9 nitrogen and oxygen atoms in total. The van der Waals surface area contributed by atoms with E-state index in [2.05, 4.69) is 9.97 Å². The summed E-state index contributed by atoms with van der Waals surface area (Å²) in [5.41, 5.74) is 0.866. The third-order valence-electron chi connectivity index (χ3n) is 5.02. The molecule has 1 atom stereocenters. The molecular formula is C22H27ClN4O5S. The minimum Gasteiger partial charge on any atom is -0.467 e. The molecule has 33 heavy (non-hydrogen) atoms. The lowest BCUT2D eigenvalue weighted by Crippen LogP contribution is -2.40. The Labute approximate surface area is 200 Å². The first-order valence-electron chi connectivity index (χ1n) is 10.3. The van der Waals surface area contributed by atoms with Crippen molar-refractivity contribution in [3.63, 3.8) is 0 Å². The minimum absolute atomic E-state index is 0.0190. The molecule has 0 saturated heterocycles. The van der Waals surface area contributed by atoms with E-state index in [-0.39, 0.29) is 23.7 Å². The van der Waals surface area contributed by atoms with Gasteiger partial charge in [0.2, 0.25) is 5.28 Å². The largest absolute Gasteiger partial charge is 0.467 e. The van der Waals surface area contributed by atoms with E-state index in [1.54, 1.807) is 24.1 Å². The summed E-state index contributed by atoms with van der Waals surface area (Å²) in [6, 6.07) is 3.21. The van der Waals surface area contributed by atoms with Crippen LogP contribution < -0.4 is 4.90 Å². The fraction of sp³-hybridized carbons (Fsp3) is 0.455. The van der Waals surface area contributed by atoms with E-state index in [0.29, 0.717) is 22.4 Å². The lowest BCUT2D eigenvalue weighted by atomic mass is 10.1. The molecule has 0 aliphatic carbocycles. The molecule has 0 aliphatic heterocycles. The maximum Gasteiger partial charge on any atom is 0.413 e. The molecule has 0 spiro atoms. The fourth-order valence-electron chi connectivity index (χ4n) is 3.18. The standard InChI is InChI=1S/C22H27ClN4O5S/c1-12(26(6)21(30)32-22(3,4)5)10-15-13(2)16-17(33-15)18(25-19(23)24-16)27(20(28)29)11-14-8-7-9-31-14/h7-9,12H,10-11H2,1-6H3,(H,28,29). The molecule has 0 bridgehead atoms. The van der Waals surface area contributed by atoms with Gasteiger partial charge in [-0.1, -0.05) is 0 Å². The number of likely N-dealkylation sites (N-methyl/N-ethyl adjacent to an activating group) is 1. The molecule has 0 saturated carbocycles. The number of nitrogens with zero attached hydrogens (tertiary/aromatic N) is 4. The van der Waals surface area contributed by atoms with Gasteiger partial charge in [-0.25, -0.2) is 14.6 Å². The van der Waals surface area contributed by atoms with Crippen LogP contribution in [-0.2, 0) is 17.7 Å². The number of halogens is 1. The van der Waals surface area contributed by atoms with Crippen LogP contribution in [0.15, 0.2) is 22.8 Å².